The van der Waals surface area contributed by atoms with E-state index in [-0.39, 0.29) is 23.2 Å². The van der Waals surface area contributed by atoms with Crippen molar-refractivity contribution in [1.82, 2.24) is 5.32 Å². The van der Waals surface area contributed by atoms with Crippen LogP contribution in [0.15, 0.2) is 65.7 Å². The predicted molar refractivity (Wildman–Crippen MR) is 118 cm³/mol. The summed E-state index contributed by atoms with van der Waals surface area (Å²) in [5.74, 6) is -1.35. The number of nitrogens with zero attached hydrogens (tertiary/aromatic N) is 1. The highest BCUT2D eigenvalue weighted by Gasteiger charge is 2.31. The molecule has 0 fully saturated rings. The summed E-state index contributed by atoms with van der Waals surface area (Å²) in [6, 6.07) is 16.5. The van der Waals surface area contributed by atoms with Crippen molar-refractivity contribution in [1.29, 1.82) is 0 Å². The molecule has 0 aliphatic carbocycles. The summed E-state index contributed by atoms with van der Waals surface area (Å²) >= 11 is 1.01. The Labute approximate surface area is 178 Å². The van der Waals surface area contributed by atoms with Crippen molar-refractivity contribution in [2.75, 3.05) is 18.2 Å². The molecule has 2 N–H and O–H groups in total. The predicted octanol–water partition coefficient (Wildman–Crippen LogP) is 3.10. The molecule has 154 valence electrons. The van der Waals surface area contributed by atoms with Gasteiger partial charge in [0.1, 0.15) is 11.7 Å². The van der Waals surface area contributed by atoms with Crippen LogP contribution in [0.2, 0.25) is 0 Å². The summed E-state index contributed by atoms with van der Waals surface area (Å²) in [6.45, 7) is 0. The quantitative estimate of drug-likeness (QED) is 0.667. The van der Waals surface area contributed by atoms with E-state index in [1.54, 1.807) is 37.5 Å². The molecule has 0 saturated carbocycles. The average molecular weight is 423 g/mol. The average Bonchev–Trinajstić information content (AvgIpc) is 2.75. The van der Waals surface area contributed by atoms with E-state index in [2.05, 4.69) is 15.6 Å². The van der Waals surface area contributed by atoms with Gasteiger partial charge in [-0.05, 0) is 36.2 Å². The molecular formula is C22H21N3O4S. The smallest absolute Gasteiger partial charge is 0.260 e. The van der Waals surface area contributed by atoms with Crippen LogP contribution in [-0.2, 0) is 14.4 Å². The van der Waals surface area contributed by atoms with Crippen LogP contribution in [0.1, 0.15) is 12.0 Å². The zero-order chi connectivity index (χ0) is 21.3. The van der Waals surface area contributed by atoms with Gasteiger partial charge in [-0.1, -0.05) is 54.2 Å². The third-order valence-electron chi connectivity index (χ3n) is 4.25. The first-order chi connectivity index (χ1) is 14.5. The van der Waals surface area contributed by atoms with Crippen molar-refractivity contribution >= 4 is 46.4 Å². The van der Waals surface area contributed by atoms with E-state index in [4.69, 9.17) is 4.74 Å². The summed E-state index contributed by atoms with van der Waals surface area (Å²) in [5.41, 5.74) is 1.61. The highest BCUT2D eigenvalue weighted by atomic mass is 32.2. The molecule has 1 heterocycles. The van der Waals surface area contributed by atoms with Crippen LogP contribution in [-0.4, -0.2) is 35.8 Å². The number of anilines is 1. The van der Waals surface area contributed by atoms with E-state index in [9.17, 15) is 14.4 Å². The molecule has 2 aromatic carbocycles. The number of nitrogens with one attached hydrogen (secondary N) is 2. The Hall–Kier alpha value is -3.39. The van der Waals surface area contributed by atoms with Gasteiger partial charge >= 0.3 is 0 Å². The van der Waals surface area contributed by atoms with Crippen molar-refractivity contribution in [3.05, 3.63) is 66.2 Å². The standard InChI is InChI=1S/C22H21N3O4S/c1-29-17-12-10-16(11-13-17)23-19(26)14-30-22-24-20(27)18(21(28)25-22)9-5-8-15-6-3-2-4-7-15/h2-8,10-13,18H,9,14H2,1H3,(H,23,26)(H,24,25,27,28)/b8-5+. The Morgan fingerprint density at radius 2 is 1.90 bits per heavy atom. The SMILES string of the molecule is COc1ccc(NC(=O)CSC2=NC(=O)C(C/C=C/c3ccccc3)C(=O)N2)cc1. The van der Waals surface area contributed by atoms with Gasteiger partial charge in [0.25, 0.3) is 5.91 Å². The lowest BCUT2D eigenvalue weighted by Gasteiger charge is -2.18. The van der Waals surface area contributed by atoms with Crippen LogP contribution in [0.25, 0.3) is 6.08 Å². The number of hydrogen-bond acceptors (Lipinski definition) is 5. The van der Waals surface area contributed by atoms with Crippen LogP contribution in [0, 0.1) is 5.92 Å². The van der Waals surface area contributed by atoms with Crippen molar-refractivity contribution < 1.29 is 19.1 Å². The third-order valence-corrected chi connectivity index (χ3v) is 5.13. The first kappa shape index (κ1) is 21.3. The van der Waals surface area contributed by atoms with E-state index >= 15 is 0 Å². The fraction of sp³-hybridized carbons (Fsp3) is 0.182. The summed E-state index contributed by atoms with van der Waals surface area (Å²) in [6.07, 6.45) is 3.91. The second-order valence-corrected chi connectivity index (χ2v) is 7.38. The monoisotopic (exact) mass is 423 g/mol. The van der Waals surface area contributed by atoms with Gasteiger partial charge in [-0.15, -0.1) is 0 Å². The number of hydrogen-bond donors (Lipinski definition) is 2. The van der Waals surface area contributed by atoms with Crippen LogP contribution >= 0.6 is 11.8 Å². The molecule has 0 radical (unpaired) electrons. The topological polar surface area (TPSA) is 96.9 Å². The Kier molecular flexibility index (Phi) is 7.40. The van der Waals surface area contributed by atoms with Crippen molar-refractivity contribution in [2.24, 2.45) is 10.9 Å². The highest BCUT2D eigenvalue weighted by Crippen LogP contribution is 2.18. The molecule has 0 bridgehead atoms. The van der Waals surface area contributed by atoms with Crippen LogP contribution in [0.5, 0.6) is 5.75 Å². The van der Waals surface area contributed by atoms with E-state index in [1.807, 2.05) is 36.4 Å². The van der Waals surface area contributed by atoms with Crippen LogP contribution < -0.4 is 15.4 Å². The van der Waals surface area contributed by atoms with Crippen molar-refractivity contribution in [3.63, 3.8) is 0 Å². The minimum Gasteiger partial charge on any atom is -0.497 e. The van der Waals surface area contributed by atoms with E-state index < -0.39 is 17.7 Å². The van der Waals surface area contributed by atoms with E-state index in [1.165, 1.54) is 0 Å². The number of carbonyl (C=O) groups excluding carboxylic acids is 3. The molecule has 0 spiro atoms. The second-order valence-electron chi connectivity index (χ2n) is 6.41. The molecule has 2 aromatic rings. The van der Waals surface area contributed by atoms with Gasteiger partial charge in [-0.25, -0.2) is 0 Å². The molecule has 0 aromatic heterocycles. The molecule has 8 heteroatoms. The fourth-order valence-electron chi connectivity index (χ4n) is 2.70. The number of aliphatic imine (C=N–C) groups is 1. The first-order valence-electron chi connectivity index (χ1n) is 9.27. The molecule has 1 aliphatic rings. The lowest BCUT2D eigenvalue weighted by atomic mass is 10.0. The lowest BCUT2D eigenvalue weighted by molar-refractivity contribution is -0.133. The normalized spacial score (nSPS) is 16.2. The molecule has 7 nitrogen and oxygen atoms in total. The number of amides is 3. The molecular weight excluding hydrogens is 402 g/mol. The maximum Gasteiger partial charge on any atom is 0.260 e. The van der Waals surface area contributed by atoms with Crippen LogP contribution in [0.3, 0.4) is 0 Å². The van der Waals surface area contributed by atoms with Gasteiger partial charge in [0.05, 0.1) is 12.9 Å². The van der Waals surface area contributed by atoms with Gasteiger partial charge in [0, 0.05) is 5.69 Å². The number of ether oxygens (including phenoxy) is 1. The minimum absolute atomic E-state index is 0.0109. The van der Waals surface area contributed by atoms with Gasteiger partial charge in [0.2, 0.25) is 11.8 Å². The Balaban J connectivity index is 1.49. The molecule has 1 atom stereocenters. The van der Waals surface area contributed by atoms with E-state index in [0.29, 0.717) is 11.4 Å². The number of methoxy groups -OCH3 is 1. The highest BCUT2D eigenvalue weighted by molar-refractivity contribution is 8.14. The fourth-order valence-corrected chi connectivity index (χ4v) is 3.36. The Morgan fingerprint density at radius 1 is 1.17 bits per heavy atom. The Bertz CT molecular complexity index is 972. The van der Waals surface area contributed by atoms with Gasteiger partial charge in [-0.3, -0.25) is 14.4 Å². The molecule has 1 aliphatic heterocycles. The summed E-state index contributed by atoms with van der Waals surface area (Å²) in [4.78, 5) is 40.5. The summed E-state index contributed by atoms with van der Waals surface area (Å²) < 4.78 is 5.07. The zero-order valence-corrected chi connectivity index (χ0v) is 17.1. The summed E-state index contributed by atoms with van der Waals surface area (Å²) in [5, 5.41) is 5.47. The van der Waals surface area contributed by atoms with Crippen molar-refractivity contribution in [2.45, 2.75) is 6.42 Å². The zero-order valence-electron chi connectivity index (χ0n) is 16.3. The van der Waals surface area contributed by atoms with Crippen molar-refractivity contribution in [3.8, 4) is 5.75 Å². The number of allylic oxidation sites excluding steroid dienone is 1. The van der Waals surface area contributed by atoms with E-state index in [0.717, 1.165) is 17.3 Å². The number of rotatable bonds is 7. The van der Waals surface area contributed by atoms with Crippen LogP contribution in [0.4, 0.5) is 5.69 Å². The molecule has 30 heavy (non-hydrogen) atoms. The Morgan fingerprint density at radius 3 is 2.57 bits per heavy atom. The number of thioether (sulfide) groups is 1. The molecule has 1 unspecified atom stereocenters. The lowest BCUT2D eigenvalue weighted by Crippen LogP contribution is -2.42. The van der Waals surface area contributed by atoms with Gasteiger partial charge < -0.3 is 15.4 Å². The first-order valence-corrected chi connectivity index (χ1v) is 10.3. The third kappa shape index (κ3) is 6.05. The maximum absolute atomic E-state index is 12.3. The minimum atomic E-state index is -0.859. The molecule has 3 rings (SSSR count). The maximum atomic E-state index is 12.3. The summed E-state index contributed by atoms with van der Waals surface area (Å²) in [7, 11) is 1.56. The van der Waals surface area contributed by atoms with Gasteiger partial charge in [-0.2, -0.15) is 4.99 Å². The molecule has 0 saturated heterocycles. The largest absolute Gasteiger partial charge is 0.497 e. The molecule has 3 amide bonds. The number of amidine groups is 1. The number of benzene rings is 2. The van der Waals surface area contributed by atoms with Gasteiger partial charge in [0.15, 0.2) is 5.17 Å². The second kappa shape index (κ2) is 10.4. The number of carbonyl (C=O) groups is 3.